The molecule has 0 aromatic heterocycles. The molecule has 0 unspecified atom stereocenters. The minimum atomic E-state index is -0.412. The second-order valence-corrected chi connectivity index (χ2v) is 5.07. The summed E-state index contributed by atoms with van der Waals surface area (Å²) in [5.41, 5.74) is 2.46. The average molecular weight is 307 g/mol. The summed E-state index contributed by atoms with van der Waals surface area (Å²) in [7, 11) is 0. The summed E-state index contributed by atoms with van der Waals surface area (Å²) in [6.45, 7) is 1.98. The van der Waals surface area contributed by atoms with E-state index in [0.29, 0.717) is 16.5 Å². The van der Waals surface area contributed by atoms with E-state index < -0.39 is 5.82 Å². The van der Waals surface area contributed by atoms with Gasteiger partial charge in [0.2, 0.25) is 0 Å². The maximum atomic E-state index is 13.3. The molecule has 0 heterocycles. The van der Waals surface area contributed by atoms with Crippen LogP contribution in [0.25, 0.3) is 0 Å². The highest BCUT2D eigenvalue weighted by molar-refractivity contribution is 9.10. The van der Waals surface area contributed by atoms with Crippen molar-refractivity contribution in [1.82, 2.24) is 0 Å². The van der Waals surface area contributed by atoms with Crippen LogP contribution in [0.5, 0.6) is 0 Å². The van der Waals surface area contributed by atoms with Crippen LogP contribution in [-0.2, 0) is 6.42 Å². The number of rotatable bonds is 3. The summed E-state index contributed by atoms with van der Waals surface area (Å²) in [4.78, 5) is 12.0. The van der Waals surface area contributed by atoms with Crippen LogP contribution in [-0.4, -0.2) is 5.78 Å². The maximum Gasteiger partial charge on any atom is 0.167 e. The molecule has 18 heavy (non-hydrogen) atoms. The fourth-order valence-corrected chi connectivity index (χ4v) is 2.03. The number of carbonyl (C=O) groups is 1. The van der Waals surface area contributed by atoms with Gasteiger partial charge in [0.05, 0.1) is 4.47 Å². The van der Waals surface area contributed by atoms with E-state index in [9.17, 15) is 9.18 Å². The van der Waals surface area contributed by atoms with E-state index >= 15 is 0 Å². The van der Waals surface area contributed by atoms with Gasteiger partial charge in [0.25, 0.3) is 0 Å². The van der Waals surface area contributed by atoms with Crippen molar-refractivity contribution in [2.24, 2.45) is 0 Å². The molecule has 2 aromatic rings. The predicted octanol–water partition coefficient (Wildman–Crippen LogP) is 4.32. The molecule has 1 nitrogen and oxygen atoms in total. The Morgan fingerprint density at radius 1 is 1.22 bits per heavy atom. The van der Waals surface area contributed by atoms with E-state index in [-0.39, 0.29) is 5.78 Å². The van der Waals surface area contributed by atoms with Crippen LogP contribution in [0.3, 0.4) is 0 Å². The van der Waals surface area contributed by atoms with Crippen LogP contribution in [0.4, 0.5) is 4.39 Å². The third kappa shape index (κ3) is 3.05. The van der Waals surface area contributed by atoms with Crippen LogP contribution in [0, 0.1) is 12.7 Å². The number of halogens is 2. The number of hydrogen-bond donors (Lipinski definition) is 0. The van der Waals surface area contributed by atoms with Crippen molar-refractivity contribution < 1.29 is 9.18 Å². The minimum absolute atomic E-state index is 0.0769. The van der Waals surface area contributed by atoms with Gasteiger partial charge in [-0.25, -0.2) is 4.39 Å². The lowest BCUT2D eigenvalue weighted by Gasteiger charge is -2.03. The Bertz CT molecular complexity index is 593. The molecule has 0 atom stereocenters. The summed E-state index contributed by atoms with van der Waals surface area (Å²) in [6, 6.07) is 12.2. The molecule has 0 spiro atoms. The van der Waals surface area contributed by atoms with Gasteiger partial charge < -0.3 is 0 Å². The lowest BCUT2D eigenvalue weighted by Crippen LogP contribution is -2.04. The molecule has 0 saturated heterocycles. The first-order valence-electron chi connectivity index (χ1n) is 5.60. The van der Waals surface area contributed by atoms with Gasteiger partial charge in [0.1, 0.15) is 5.82 Å². The molecular weight excluding hydrogens is 295 g/mol. The summed E-state index contributed by atoms with van der Waals surface area (Å²) in [6.07, 6.45) is 0.294. The zero-order valence-electron chi connectivity index (χ0n) is 9.91. The van der Waals surface area contributed by atoms with Crippen LogP contribution in [0.1, 0.15) is 21.5 Å². The molecule has 2 rings (SSSR count). The van der Waals surface area contributed by atoms with E-state index in [1.54, 1.807) is 12.1 Å². The van der Waals surface area contributed by atoms with Crippen molar-refractivity contribution in [1.29, 1.82) is 0 Å². The third-order valence-corrected chi connectivity index (χ3v) is 3.33. The molecule has 0 aliphatic carbocycles. The number of ketones is 1. The molecule has 92 valence electrons. The number of benzene rings is 2. The van der Waals surface area contributed by atoms with Crippen molar-refractivity contribution in [2.75, 3.05) is 0 Å². The second kappa shape index (κ2) is 5.44. The Morgan fingerprint density at radius 3 is 2.67 bits per heavy atom. The Hall–Kier alpha value is -1.48. The molecule has 0 fully saturated rings. The summed E-state index contributed by atoms with van der Waals surface area (Å²) < 4.78 is 13.7. The number of hydrogen-bond acceptors (Lipinski definition) is 1. The number of aryl methyl sites for hydroxylation is 1. The van der Waals surface area contributed by atoms with Gasteiger partial charge in [-0.15, -0.1) is 0 Å². The number of carbonyl (C=O) groups excluding carboxylic acids is 1. The van der Waals surface area contributed by atoms with Crippen LogP contribution >= 0.6 is 15.9 Å². The van der Waals surface area contributed by atoms with Crippen molar-refractivity contribution >= 4 is 21.7 Å². The van der Waals surface area contributed by atoms with E-state index in [1.807, 2.05) is 31.2 Å². The highest BCUT2D eigenvalue weighted by Gasteiger charge is 2.09. The molecule has 2 aromatic carbocycles. The highest BCUT2D eigenvalue weighted by Crippen LogP contribution is 2.18. The molecule has 0 saturated carbocycles. The molecule has 0 amide bonds. The largest absolute Gasteiger partial charge is 0.294 e. The van der Waals surface area contributed by atoms with Crippen LogP contribution < -0.4 is 0 Å². The second-order valence-electron chi connectivity index (χ2n) is 4.22. The first-order valence-corrected chi connectivity index (χ1v) is 6.39. The molecule has 0 bridgehead atoms. The van der Waals surface area contributed by atoms with Gasteiger partial charge >= 0.3 is 0 Å². The predicted molar refractivity (Wildman–Crippen MR) is 73.3 cm³/mol. The quantitative estimate of drug-likeness (QED) is 0.772. The Balaban J connectivity index is 2.19. The molecule has 0 radical (unpaired) electrons. The first-order chi connectivity index (χ1) is 8.56. The topological polar surface area (TPSA) is 17.1 Å². The van der Waals surface area contributed by atoms with Crippen LogP contribution in [0.2, 0.25) is 0 Å². The van der Waals surface area contributed by atoms with Crippen molar-refractivity contribution in [2.45, 2.75) is 13.3 Å². The van der Waals surface area contributed by atoms with E-state index in [0.717, 1.165) is 11.1 Å². The van der Waals surface area contributed by atoms with Crippen molar-refractivity contribution in [3.8, 4) is 0 Å². The van der Waals surface area contributed by atoms with Gasteiger partial charge in [0, 0.05) is 12.0 Å². The SMILES string of the molecule is Cc1cccc(CC(=O)c2ccc(Br)c(F)c2)c1. The third-order valence-electron chi connectivity index (χ3n) is 2.69. The summed E-state index contributed by atoms with van der Waals surface area (Å²) in [5.74, 6) is -0.489. The molecule has 0 aliphatic heterocycles. The smallest absolute Gasteiger partial charge is 0.167 e. The highest BCUT2D eigenvalue weighted by atomic mass is 79.9. The Kier molecular flexibility index (Phi) is 3.92. The van der Waals surface area contributed by atoms with E-state index in [2.05, 4.69) is 15.9 Å². The minimum Gasteiger partial charge on any atom is -0.294 e. The fraction of sp³-hybridized carbons (Fsp3) is 0.133. The standard InChI is InChI=1S/C15H12BrFO/c1-10-3-2-4-11(7-10)8-15(18)12-5-6-13(16)14(17)9-12/h2-7,9H,8H2,1H3. The first kappa shape index (κ1) is 13.0. The monoisotopic (exact) mass is 306 g/mol. The van der Waals surface area contributed by atoms with E-state index in [4.69, 9.17) is 0 Å². The maximum absolute atomic E-state index is 13.3. The Morgan fingerprint density at radius 2 is 2.00 bits per heavy atom. The average Bonchev–Trinajstić information content (AvgIpc) is 2.32. The fourth-order valence-electron chi connectivity index (χ4n) is 1.78. The normalized spacial score (nSPS) is 10.4. The van der Waals surface area contributed by atoms with Gasteiger partial charge in [-0.05, 0) is 40.5 Å². The molecule has 0 N–H and O–H groups in total. The van der Waals surface area contributed by atoms with Gasteiger partial charge in [0.15, 0.2) is 5.78 Å². The zero-order chi connectivity index (χ0) is 13.1. The number of Topliss-reactive ketones (excluding diaryl/α,β-unsaturated/α-hetero) is 1. The van der Waals surface area contributed by atoms with Gasteiger partial charge in [-0.1, -0.05) is 35.9 Å². The van der Waals surface area contributed by atoms with Crippen LogP contribution in [0.15, 0.2) is 46.9 Å². The summed E-state index contributed by atoms with van der Waals surface area (Å²) in [5, 5.41) is 0. The van der Waals surface area contributed by atoms with Gasteiger partial charge in [-0.3, -0.25) is 4.79 Å². The van der Waals surface area contributed by atoms with Gasteiger partial charge in [-0.2, -0.15) is 0 Å². The lowest BCUT2D eigenvalue weighted by molar-refractivity contribution is 0.0992. The summed E-state index contributed by atoms with van der Waals surface area (Å²) >= 11 is 3.07. The van der Waals surface area contributed by atoms with Crippen molar-refractivity contribution in [3.63, 3.8) is 0 Å². The molecular formula is C15H12BrFO. The Labute approximate surface area is 114 Å². The molecule has 3 heteroatoms. The lowest BCUT2D eigenvalue weighted by atomic mass is 10.0. The zero-order valence-corrected chi connectivity index (χ0v) is 11.5. The van der Waals surface area contributed by atoms with E-state index in [1.165, 1.54) is 6.07 Å². The van der Waals surface area contributed by atoms with Crippen molar-refractivity contribution in [3.05, 3.63) is 69.4 Å². The molecule has 0 aliphatic rings.